The van der Waals surface area contributed by atoms with Gasteiger partial charge in [0.25, 0.3) is 0 Å². The number of hydrogen-bond acceptors (Lipinski definition) is 0. The minimum Gasteiger partial charge on any atom is -0.105 e. The molecule has 0 bridgehead atoms. The lowest BCUT2D eigenvalue weighted by Gasteiger charge is -2.12. The van der Waals surface area contributed by atoms with Crippen molar-refractivity contribution in [1.29, 1.82) is 0 Å². The van der Waals surface area contributed by atoms with Crippen LogP contribution in [0.5, 0.6) is 0 Å². The molecule has 0 amide bonds. The van der Waals surface area contributed by atoms with Crippen LogP contribution in [0.15, 0.2) is 54.6 Å². The first-order chi connectivity index (χ1) is 11.0. The van der Waals surface area contributed by atoms with Crippen LogP contribution >= 0.6 is 9.24 Å². The predicted octanol–water partition coefficient (Wildman–Crippen LogP) is 5.75. The third-order valence-electron chi connectivity index (χ3n) is 4.61. The Morgan fingerprint density at radius 2 is 1.22 bits per heavy atom. The zero-order valence-corrected chi connectivity index (χ0v) is 15.4. The summed E-state index contributed by atoms with van der Waals surface area (Å²) in [4.78, 5) is 0. The van der Waals surface area contributed by atoms with Gasteiger partial charge in [-0.1, -0.05) is 60.2 Å². The van der Waals surface area contributed by atoms with Gasteiger partial charge < -0.3 is 0 Å². The summed E-state index contributed by atoms with van der Waals surface area (Å²) in [5.74, 6) is 0. The fourth-order valence-electron chi connectivity index (χ4n) is 3.04. The van der Waals surface area contributed by atoms with Crippen molar-refractivity contribution in [1.82, 2.24) is 0 Å². The Hall–Kier alpha value is -1.91. The Labute approximate surface area is 141 Å². The Morgan fingerprint density at radius 3 is 1.87 bits per heavy atom. The highest BCUT2D eigenvalue weighted by Gasteiger charge is 2.06. The summed E-state index contributed by atoms with van der Waals surface area (Å²) in [7, 11) is 2.78. The molecule has 0 N–H and O–H groups in total. The molecule has 116 valence electrons. The second kappa shape index (κ2) is 6.30. The summed E-state index contributed by atoms with van der Waals surface area (Å²) < 4.78 is 0. The second-order valence-corrected chi connectivity index (χ2v) is 7.03. The smallest absolute Gasteiger partial charge is 0.0149 e. The normalized spacial score (nSPS) is 10.8. The summed E-state index contributed by atoms with van der Waals surface area (Å²) >= 11 is 0. The van der Waals surface area contributed by atoms with E-state index in [0.717, 1.165) is 0 Å². The average Bonchev–Trinajstić information content (AvgIpc) is 2.54. The Balaban J connectivity index is 2.01. The van der Waals surface area contributed by atoms with Crippen molar-refractivity contribution in [3.8, 4) is 22.3 Å². The van der Waals surface area contributed by atoms with Gasteiger partial charge in [0.1, 0.15) is 0 Å². The average molecular weight is 318 g/mol. The van der Waals surface area contributed by atoms with Crippen molar-refractivity contribution in [2.75, 3.05) is 0 Å². The third kappa shape index (κ3) is 3.23. The van der Waals surface area contributed by atoms with Gasteiger partial charge in [-0.15, -0.1) is 9.24 Å². The van der Waals surface area contributed by atoms with Crippen LogP contribution in [0.1, 0.15) is 22.3 Å². The maximum absolute atomic E-state index is 2.78. The number of aryl methyl sites for hydroxylation is 3. The number of hydrogen-bond donors (Lipinski definition) is 0. The van der Waals surface area contributed by atoms with Gasteiger partial charge in [-0.3, -0.25) is 0 Å². The van der Waals surface area contributed by atoms with Crippen molar-refractivity contribution < 1.29 is 0 Å². The third-order valence-corrected chi connectivity index (χ3v) is 5.26. The van der Waals surface area contributed by atoms with Gasteiger partial charge in [-0.2, -0.15) is 0 Å². The Morgan fingerprint density at radius 1 is 0.609 bits per heavy atom. The van der Waals surface area contributed by atoms with E-state index >= 15 is 0 Å². The van der Waals surface area contributed by atoms with Crippen LogP contribution in [0.3, 0.4) is 0 Å². The van der Waals surface area contributed by atoms with E-state index in [2.05, 4.69) is 91.5 Å². The van der Waals surface area contributed by atoms with Crippen molar-refractivity contribution in [2.45, 2.75) is 27.7 Å². The predicted molar refractivity (Wildman–Crippen MR) is 106 cm³/mol. The highest BCUT2D eigenvalue weighted by Crippen LogP contribution is 2.29. The molecule has 0 nitrogen and oxygen atoms in total. The van der Waals surface area contributed by atoms with Gasteiger partial charge in [0.05, 0.1) is 0 Å². The molecule has 3 rings (SSSR count). The number of rotatable bonds is 2. The molecule has 1 heteroatoms. The van der Waals surface area contributed by atoms with Crippen LogP contribution in [0.2, 0.25) is 0 Å². The summed E-state index contributed by atoms with van der Waals surface area (Å²) in [6.07, 6.45) is 0. The molecule has 0 saturated heterocycles. The fraction of sp³-hybridized carbons (Fsp3) is 0.182. The molecule has 3 aromatic rings. The van der Waals surface area contributed by atoms with Gasteiger partial charge in [0, 0.05) is 0 Å². The molecule has 3 aromatic carbocycles. The molecule has 0 radical (unpaired) electrons. The molecule has 0 spiro atoms. The van der Waals surface area contributed by atoms with E-state index in [1.54, 1.807) is 0 Å². The Kier molecular flexibility index (Phi) is 4.37. The fourth-order valence-corrected chi connectivity index (χ4v) is 3.22. The van der Waals surface area contributed by atoms with E-state index in [4.69, 9.17) is 0 Å². The Bertz CT molecular complexity index is 858. The van der Waals surface area contributed by atoms with E-state index in [1.807, 2.05) is 0 Å². The quantitative estimate of drug-likeness (QED) is 0.527. The van der Waals surface area contributed by atoms with E-state index in [0.29, 0.717) is 0 Å². The van der Waals surface area contributed by atoms with Crippen LogP contribution in [0.25, 0.3) is 22.3 Å². The molecule has 1 unspecified atom stereocenters. The molecule has 23 heavy (non-hydrogen) atoms. The van der Waals surface area contributed by atoms with Crippen molar-refractivity contribution >= 4 is 14.5 Å². The minimum absolute atomic E-state index is 1.26. The zero-order chi connectivity index (χ0) is 16.6. The molecule has 0 saturated carbocycles. The lowest BCUT2D eigenvalue weighted by atomic mass is 9.93. The van der Waals surface area contributed by atoms with E-state index in [9.17, 15) is 0 Å². The second-order valence-electron chi connectivity index (χ2n) is 6.40. The summed E-state index contributed by atoms with van der Waals surface area (Å²) in [5, 5.41) is 1.26. The van der Waals surface area contributed by atoms with E-state index < -0.39 is 0 Å². The highest BCUT2D eigenvalue weighted by atomic mass is 31.0. The van der Waals surface area contributed by atoms with Crippen LogP contribution < -0.4 is 5.30 Å². The monoisotopic (exact) mass is 318 g/mol. The van der Waals surface area contributed by atoms with Crippen molar-refractivity contribution in [3.63, 3.8) is 0 Å². The molecule has 0 heterocycles. The van der Waals surface area contributed by atoms with Gasteiger partial charge in [-0.05, 0) is 71.9 Å². The van der Waals surface area contributed by atoms with Crippen molar-refractivity contribution in [2.24, 2.45) is 0 Å². The molecule has 0 aromatic heterocycles. The SMILES string of the molecule is Cc1cc(C)c(C)c(-c2ccc(-c3ccc(P)c(C)c3)cc2)c1. The number of benzene rings is 3. The maximum Gasteiger partial charge on any atom is -0.0149 e. The maximum atomic E-state index is 2.78. The first-order valence-electron chi connectivity index (χ1n) is 8.00. The largest absolute Gasteiger partial charge is 0.105 e. The summed E-state index contributed by atoms with van der Waals surface area (Å²) in [6, 6.07) is 20.1. The lowest BCUT2D eigenvalue weighted by molar-refractivity contribution is 1.30. The lowest BCUT2D eigenvalue weighted by Crippen LogP contribution is -1.95. The molecule has 0 aliphatic rings. The van der Waals surface area contributed by atoms with Crippen LogP contribution in [-0.4, -0.2) is 0 Å². The van der Waals surface area contributed by atoms with Crippen LogP contribution in [-0.2, 0) is 0 Å². The molecule has 0 aliphatic carbocycles. The summed E-state index contributed by atoms with van der Waals surface area (Å²) in [6.45, 7) is 8.71. The van der Waals surface area contributed by atoms with E-state index in [1.165, 1.54) is 49.8 Å². The highest BCUT2D eigenvalue weighted by molar-refractivity contribution is 7.27. The van der Waals surface area contributed by atoms with Gasteiger partial charge >= 0.3 is 0 Å². The topological polar surface area (TPSA) is 0 Å². The van der Waals surface area contributed by atoms with Gasteiger partial charge in [0.15, 0.2) is 0 Å². The molecule has 1 atom stereocenters. The minimum atomic E-state index is 1.26. The van der Waals surface area contributed by atoms with E-state index in [-0.39, 0.29) is 0 Å². The van der Waals surface area contributed by atoms with Gasteiger partial charge in [0.2, 0.25) is 0 Å². The first-order valence-corrected chi connectivity index (χ1v) is 8.58. The van der Waals surface area contributed by atoms with Gasteiger partial charge in [-0.25, -0.2) is 0 Å². The molecular formula is C22H23P. The standard InChI is InChI=1S/C22H23P/c1-14-11-15(2)17(4)21(12-14)19-7-5-18(6-8-19)20-9-10-22(23)16(3)13-20/h5-13H,23H2,1-4H3. The zero-order valence-electron chi connectivity index (χ0n) is 14.3. The summed E-state index contributed by atoms with van der Waals surface area (Å²) in [5.41, 5.74) is 10.5. The van der Waals surface area contributed by atoms with Crippen LogP contribution in [0, 0.1) is 27.7 Å². The van der Waals surface area contributed by atoms with Crippen LogP contribution in [0.4, 0.5) is 0 Å². The van der Waals surface area contributed by atoms with Crippen molar-refractivity contribution in [3.05, 3.63) is 76.9 Å². The molecule has 0 fully saturated rings. The molecule has 0 aliphatic heterocycles. The first kappa shape index (κ1) is 16.0. The molecular weight excluding hydrogens is 295 g/mol.